The number of hydrogen-bond donors (Lipinski definition) is 2. The molecule has 0 aliphatic rings. The molecule has 0 fully saturated rings. The van der Waals surface area contributed by atoms with Crippen LogP contribution in [0, 0.1) is 5.92 Å². The van der Waals surface area contributed by atoms with E-state index in [1.54, 1.807) is 45.2 Å². The molecule has 0 radical (unpaired) electrons. The lowest BCUT2D eigenvalue weighted by Crippen LogP contribution is -2.47. The van der Waals surface area contributed by atoms with Gasteiger partial charge in [0.25, 0.3) is 11.8 Å². The number of methoxy groups -OCH3 is 1. The van der Waals surface area contributed by atoms with Crippen LogP contribution >= 0.6 is 0 Å². The van der Waals surface area contributed by atoms with Gasteiger partial charge in [-0.1, -0.05) is 44.2 Å². The molecule has 0 saturated carbocycles. The number of ether oxygens (including phenoxy) is 2. The summed E-state index contributed by atoms with van der Waals surface area (Å²) >= 11 is 0. The van der Waals surface area contributed by atoms with Gasteiger partial charge in [-0.2, -0.15) is 0 Å². The fraction of sp³-hybridized carbons (Fsp3) is 0.375. The van der Waals surface area contributed by atoms with Crippen molar-refractivity contribution >= 4 is 17.8 Å². The molecule has 166 valence electrons. The molecule has 7 heteroatoms. The van der Waals surface area contributed by atoms with Crippen molar-refractivity contribution in [3.63, 3.8) is 0 Å². The summed E-state index contributed by atoms with van der Waals surface area (Å²) in [5.41, 5.74) is 1.50. The van der Waals surface area contributed by atoms with E-state index >= 15 is 0 Å². The highest BCUT2D eigenvalue weighted by molar-refractivity contribution is 5.97. The predicted molar refractivity (Wildman–Crippen MR) is 118 cm³/mol. The van der Waals surface area contributed by atoms with E-state index in [0.717, 1.165) is 5.56 Å². The summed E-state index contributed by atoms with van der Waals surface area (Å²) in [6, 6.07) is 15.4. The first kappa shape index (κ1) is 23.9. The lowest BCUT2D eigenvalue weighted by atomic mass is 10.0. The Morgan fingerprint density at radius 3 is 2.16 bits per heavy atom. The van der Waals surface area contributed by atoms with Gasteiger partial charge in [-0.15, -0.1) is 0 Å². The molecule has 2 atom stereocenters. The Morgan fingerprint density at radius 1 is 0.935 bits per heavy atom. The normalized spacial score (nSPS) is 12.5. The van der Waals surface area contributed by atoms with Crippen LogP contribution in [-0.2, 0) is 20.7 Å². The van der Waals surface area contributed by atoms with Crippen molar-refractivity contribution in [2.24, 2.45) is 5.92 Å². The van der Waals surface area contributed by atoms with Crippen molar-refractivity contribution < 1.29 is 23.9 Å². The third kappa shape index (κ3) is 7.44. The Balaban J connectivity index is 1.88. The summed E-state index contributed by atoms with van der Waals surface area (Å²) in [5.74, 6) is -1.03. The van der Waals surface area contributed by atoms with E-state index in [-0.39, 0.29) is 11.8 Å². The van der Waals surface area contributed by atoms with Crippen LogP contribution in [0.25, 0.3) is 0 Å². The summed E-state index contributed by atoms with van der Waals surface area (Å²) in [7, 11) is 1.54. The molecule has 2 N–H and O–H groups in total. The van der Waals surface area contributed by atoms with Crippen molar-refractivity contribution in [1.82, 2.24) is 10.6 Å². The summed E-state index contributed by atoms with van der Waals surface area (Å²) in [6.07, 6.45) is -0.290. The number of hydrogen-bond acceptors (Lipinski definition) is 5. The van der Waals surface area contributed by atoms with Crippen molar-refractivity contribution in [2.45, 2.75) is 39.3 Å². The SMILES string of the molecule is COc1ccc(C(=O)N[C@H](C(=O)O[C@@H](C)C(=O)NCCc2ccccc2)C(C)C)cc1. The molecule has 0 bridgehead atoms. The molecule has 0 spiro atoms. The molecular weight excluding hydrogens is 396 g/mol. The van der Waals surface area contributed by atoms with Gasteiger partial charge in [-0.25, -0.2) is 4.79 Å². The van der Waals surface area contributed by atoms with Crippen molar-refractivity contribution in [3.8, 4) is 5.75 Å². The second kappa shape index (κ2) is 11.7. The zero-order valence-corrected chi connectivity index (χ0v) is 18.4. The minimum Gasteiger partial charge on any atom is -0.497 e. The van der Waals surface area contributed by atoms with Gasteiger partial charge in [0.1, 0.15) is 11.8 Å². The minimum absolute atomic E-state index is 0.219. The van der Waals surface area contributed by atoms with Gasteiger partial charge in [0.15, 0.2) is 6.10 Å². The molecule has 2 amide bonds. The number of benzene rings is 2. The van der Waals surface area contributed by atoms with Crippen LogP contribution < -0.4 is 15.4 Å². The topological polar surface area (TPSA) is 93.7 Å². The fourth-order valence-corrected chi connectivity index (χ4v) is 2.88. The standard InChI is InChI=1S/C24H30N2O5/c1-16(2)21(26-23(28)19-10-12-20(30-4)13-11-19)24(29)31-17(3)22(27)25-15-14-18-8-6-5-7-9-18/h5-13,16-17,21H,14-15H2,1-4H3,(H,25,27)(H,26,28)/t17-,21-/m0/s1. The van der Waals surface area contributed by atoms with Crippen LogP contribution in [0.15, 0.2) is 54.6 Å². The van der Waals surface area contributed by atoms with E-state index < -0.39 is 24.0 Å². The van der Waals surface area contributed by atoms with E-state index in [0.29, 0.717) is 24.3 Å². The average molecular weight is 427 g/mol. The van der Waals surface area contributed by atoms with Crippen molar-refractivity contribution in [1.29, 1.82) is 0 Å². The zero-order chi connectivity index (χ0) is 22.8. The first-order chi connectivity index (χ1) is 14.8. The van der Waals surface area contributed by atoms with Crippen molar-refractivity contribution in [3.05, 3.63) is 65.7 Å². The van der Waals surface area contributed by atoms with Crippen LogP contribution in [-0.4, -0.2) is 43.6 Å². The van der Waals surface area contributed by atoms with E-state index in [4.69, 9.17) is 9.47 Å². The maximum atomic E-state index is 12.6. The second-order valence-electron chi connectivity index (χ2n) is 7.53. The van der Waals surface area contributed by atoms with E-state index in [1.165, 1.54) is 6.92 Å². The van der Waals surface area contributed by atoms with Gasteiger partial charge in [0.2, 0.25) is 0 Å². The molecule has 31 heavy (non-hydrogen) atoms. The molecular formula is C24H30N2O5. The molecule has 0 unspecified atom stereocenters. The Morgan fingerprint density at radius 2 is 1.58 bits per heavy atom. The number of nitrogens with one attached hydrogen (secondary N) is 2. The average Bonchev–Trinajstić information content (AvgIpc) is 2.77. The zero-order valence-electron chi connectivity index (χ0n) is 18.4. The predicted octanol–water partition coefficient (Wildman–Crippen LogP) is 2.74. The number of carbonyl (C=O) groups is 3. The van der Waals surface area contributed by atoms with Gasteiger partial charge >= 0.3 is 5.97 Å². The van der Waals surface area contributed by atoms with Crippen LogP contribution in [0.5, 0.6) is 5.75 Å². The maximum absolute atomic E-state index is 12.6. The summed E-state index contributed by atoms with van der Waals surface area (Å²) in [4.78, 5) is 37.4. The lowest BCUT2D eigenvalue weighted by Gasteiger charge is -2.23. The highest BCUT2D eigenvalue weighted by Crippen LogP contribution is 2.13. The number of esters is 1. The number of carbonyl (C=O) groups excluding carboxylic acids is 3. The summed E-state index contributed by atoms with van der Waals surface area (Å²) < 4.78 is 10.4. The number of amides is 2. The van der Waals surface area contributed by atoms with E-state index in [9.17, 15) is 14.4 Å². The van der Waals surface area contributed by atoms with Gasteiger partial charge in [-0.05, 0) is 49.1 Å². The highest BCUT2D eigenvalue weighted by atomic mass is 16.5. The van der Waals surface area contributed by atoms with Crippen LogP contribution in [0.4, 0.5) is 0 Å². The summed E-state index contributed by atoms with van der Waals surface area (Å²) in [5, 5.41) is 5.46. The Hall–Kier alpha value is -3.35. The van der Waals surface area contributed by atoms with E-state index in [2.05, 4.69) is 10.6 Å². The van der Waals surface area contributed by atoms with Gasteiger partial charge in [0.05, 0.1) is 7.11 Å². The Labute approximate surface area is 183 Å². The Kier molecular flexibility index (Phi) is 9.06. The smallest absolute Gasteiger partial charge is 0.329 e. The molecule has 0 aromatic heterocycles. The first-order valence-corrected chi connectivity index (χ1v) is 10.3. The number of rotatable bonds is 10. The summed E-state index contributed by atoms with van der Waals surface area (Å²) in [6.45, 7) is 5.54. The van der Waals surface area contributed by atoms with Crippen LogP contribution in [0.3, 0.4) is 0 Å². The minimum atomic E-state index is -0.970. The molecule has 2 rings (SSSR count). The molecule has 0 aliphatic heterocycles. The third-order valence-corrected chi connectivity index (χ3v) is 4.78. The van der Waals surface area contributed by atoms with Crippen LogP contribution in [0.2, 0.25) is 0 Å². The highest BCUT2D eigenvalue weighted by Gasteiger charge is 2.29. The lowest BCUT2D eigenvalue weighted by molar-refractivity contribution is -0.157. The first-order valence-electron chi connectivity index (χ1n) is 10.3. The maximum Gasteiger partial charge on any atom is 0.329 e. The van der Waals surface area contributed by atoms with Crippen molar-refractivity contribution in [2.75, 3.05) is 13.7 Å². The van der Waals surface area contributed by atoms with Gasteiger partial charge < -0.3 is 20.1 Å². The monoisotopic (exact) mass is 426 g/mol. The van der Waals surface area contributed by atoms with Gasteiger partial charge in [-0.3, -0.25) is 9.59 Å². The molecule has 2 aromatic rings. The second-order valence-corrected chi connectivity index (χ2v) is 7.53. The fourth-order valence-electron chi connectivity index (χ4n) is 2.88. The molecule has 0 saturated heterocycles. The third-order valence-electron chi connectivity index (χ3n) is 4.78. The molecule has 0 aliphatic carbocycles. The molecule has 7 nitrogen and oxygen atoms in total. The van der Waals surface area contributed by atoms with Gasteiger partial charge in [0, 0.05) is 12.1 Å². The molecule has 0 heterocycles. The van der Waals surface area contributed by atoms with E-state index in [1.807, 2.05) is 30.3 Å². The Bertz CT molecular complexity index is 865. The molecule has 2 aromatic carbocycles. The largest absolute Gasteiger partial charge is 0.497 e. The quantitative estimate of drug-likeness (QED) is 0.570. The van der Waals surface area contributed by atoms with Crippen LogP contribution in [0.1, 0.15) is 36.7 Å².